The molecule has 1 aliphatic heterocycles. The van der Waals surface area contributed by atoms with Crippen molar-refractivity contribution < 1.29 is 4.74 Å². The highest BCUT2D eigenvalue weighted by Gasteiger charge is 2.26. The largest absolute Gasteiger partial charge is 0.381 e. The minimum absolute atomic E-state index is 0.442. The Morgan fingerprint density at radius 1 is 1.32 bits per heavy atom. The van der Waals surface area contributed by atoms with Gasteiger partial charge in [-0.2, -0.15) is 0 Å². The molecule has 1 aromatic rings. The standard InChI is InChI=1S/C15H21Cl2NO/c1-2-7-18-15-6-8-19-10-11(15)9-12-13(16)4-3-5-14(12)17/h3-5,11,15,18H,2,6-10H2,1H3. The van der Waals surface area contributed by atoms with Gasteiger partial charge in [0.1, 0.15) is 0 Å². The molecule has 1 fully saturated rings. The zero-order valence-electron chi connectivity index (χ0n) is 11.3. The summed E-state index contributed by atoms with van der Waals surface area (Å²) in [6.45, 7) is 4.86. The van der Waals surface area contributed by atoms with Crippen LogP contribution in [0.3, 0.4) is 0 Å². The third-order valence-corrected chi connectivity index (χ3v) is 4.37. The Hall–Kier alpha value is -0.280. The molecular formula is C15H21Cl2NO. The van der Waals surface area contributed by atoms with Crippen molar-refractivity contribution in [3.63, 3.8) is 0 Å². The van der Waals surface area contributed by atoms with Gasteiger partial charge in [-0.25, -0.2) is 0 Å². The molecule has 0 radical (unpaired) electrons. The van der Waals surface area contributed by atoms with Crippen LogP contribution in [-0.4, -0.2) is 25.8 Å². The van der Waals surface area contributed by atoms with Gasteiger partial charge in [-0.15, -0.1) is 0 Å². The van der Waals surface area contributed by atoms with E-state index in [1.165, 1.54) is 0 Å². The number of hydrogen-bond donors (Lipinski definition) is 1. The van der Waals surface area contributed by atoms with E-state index < -0.39 is 0 Å². The van der Waals surface area contributed by atoms with Gasteiger partial charge in [-0.05, 0) is 43.5 Å². The van der Waals surface area contributed by atoms with Crippen molar-refractivity contribution in [3.05, 3.63) is 33.8 Å². The van der Waals surface area contributed by atoms with Gasteiger partial charge in [0.25, 0.3) is 0 Å². The SMILES string of the molecule is CCCNC1CCOCC1Cc1c(Cl)cccc1Cl. The van der Waals surface area contributed by atoms with Gasteiger partial charge in [0, 0.05) is 28.6 Å². The highest BCUT2D eigenvalue weighted by atomic mass is 35.5. The average Bonchev–Trinajstić information content (AvgIpc) is 2.42. The van der Waals surface area contributed by atoms with E-state index in [1.54, 1.807) is 0 Å². The number of ether oxygens (including phenoxy) is 1. The van der Waals surface area contributed by atoms with Crippen molar-refractivity contribution in [2.45, 2.75) is 32.2 Å². The topological polar surface area (TPSA) is 21.3 Å². The van der Waals surface area contributed by atoms with Crippen LogP contribution in [0.2, 0.25) is 10.0 Å². The van der Waals surface area contributed by atoms with Crippen LogP contribution in [-0.2, 0) is 11.2 Å². The maximum Gasteiger partial charge on any atom is 0.0512 e. The lowest BCUT2D eigenvalue weighted by molar-refractivity contribution is 0.0323. The molecule has 0 spiro atoms. The van der Waals surface area contributed by atoms with E-state index in [9.17, 15) is 0 Å². The Kier molecular flexibility index (Phi) is 5.96. The van der Waals surface area contributed by atoms with Gasteiger partial charge in [0.2, 0.25) is 0 Å². The van der Waals surface area contributed by atoms with Gasteiger partial charge in [-0.1, -0.05) is 36.2 Å². The second kappa shape index (κ2) is 7.49. The van der Waals surface area contributed by atoms with Crippen LogP contribution in [0.25, 0.3) is 0 Å². The van der Waals surface area contributed by atoms with Gasteiger partial charge in [0.15, 0.2) is 0 Å². The molecule has 1 N–H and O–H groups in total. The van der Waals surface area contributed by atoms with E-state index in [4.69, 9.17) is 27.9 Å². The van der Waals surface area contributed by atoms with E-state index in [2.05, 4.69) is 12.2 Å². The predicted molar refractivity (Wildman–Crippen MR) is 81.2 cm³/mol. The minimum atomic E-state index is 0.442. The number of benzene rings is 1. The Morgan fingerprint density at radius 2 is 2.05 bits per heavy atom. The molecule has 0 saturated carbocycles. The zero-order chi connectivity index (χ0) is 13.7. The summed E-state index contributed by atoms with van der Waals surface area (Å²) in [5.41, 5.74) is 1.05. The lowest BCUT2D eigenvalue weighted by atomic mass is 9.89. The summed E-state index contributed by atoms with van der Waals surface area (Å²) in [5, 5.41) is 5.13. The molecule has 19 heavy (non-hydrogen) atoms. The van der Waals surface area contributed by atoms with Crippen molar-refractivity contribution in [1.82, 2.24) is 5.32 Å². The van der Waals surface area contributed by atoms with Crippen molar-refractivity contribution in [2.24, 2.45) is 5.92 Å². The predicted octanol–water partition coefficient (Wildman–Crippen LogP) is 3.94. The fourth-order valence-corrected chi connectivity index (χ4v) is 3.14. The molecular weight excluding hydrogens is 281 g/mol. The van der Waals surface area contributed by atoms with Crippen LogP contribution in [0.4, 0.5) is 0 Å². The number of hydrogen-bond acceptors (Lipinski definition) is 2. The second-order valence-corrected chi connectivity index (χ2v) is 5.90. The summed E-state index contributed by atoms with van der Waals surface area (Å²) in [4.78, 5) is 0. The van der Waals surface area contributed by atoms with Crippen molar-refractivity contribution in [1.29, 1.82) is 0 Å². The average molecular weight is 302 g/mol. The molecule has 106 valence electrons. The van der Waals surface area contributed by atoms with E-state index in [0.717, 1.165) is 54.6 Å². The molecule has 2 nitrogen and oxygen atoms in total. The van der Waals surface area contributed by atoms with E-state index in [0.29, 0.717) is 12.0 Å². The van der Waals surface area contributed by atoms with Gasteiger partial charge in [-0.3, -0.25) is 0 Å². The molecule has 4 heteroatoms. The van der Waals surface area contributed by atoms with Gasteiger partial charge in [0.05, 0.1) is 6.61 Å². The molecule has 0 aromatic heterocycles. The Balaban J connectivity index is 2.06. The van der Waals surface area contributed by atoms with Crippen LogP contribution >= 0.6 is 23.2 Å². The van der Waals surface area contributed by atoms with E-state index >= 15 is 0 Å². The second-order valence-electron chi connectivity index (χ2n) is 5.09. The zero-order valence-corrected chi connectivity index (χ0v) is 12.8. The fraction of sp³-hybridized carbons (Fsp3) is 0.600. The van der Waals surface area contributed by atoms with Crippen LogP contribution in [0.15, 0.2) is 18.2 Å². The minimum Gasteiger partial charge on any atom is -0.381 e. The quantitative estimate of drug-likeness (QED) is 0.889. The molecule has 1 aromatic carbocycles. The molecule has 0 aliphatic carbocycles. The number of rotatable bonds is 5. The lowest BCUT2D eigenvalue weighted by Gasteiger charge is -2.32. The van der Waals surface area contributed by atoms with E-state index in [-0.39, 0.29) is 0 Å². The summed E-state index contributed by atoms with van der Waals surface area (Å²) in [5.74, 6) is 0.442. The Morgan fingerprint density at radius 3 is 2.74 bits per heavy atom. The highest BCUT2D eigenvalue weighted by Crippen LogP contribution is 2.29. The first kappa shape index (κ1) is 15.1. The molecule has 1 saturated heterocycles. The Bertz CT molecular complexity index is 391. The van der Waals surface area contributed by atoms with Crippen molar-refractivity contribution in [3.8, 4) is 0 Å². The molecule has 0 amide bonds. The molecule has 1 aliphatic rings. The first-order valence-corrected chi connectivity index (χ1v) is 7.72. The fourth-order valence-electron chi connectivity index (χ4n) is 2.59. The van der Waals surface area contributed by atoms with E-state index in [1.807, 2.05) is 18.2 Å². The maximum atomic E-state index is 6.26. The molecule has 2 atom stereocenters. The Labute approximate surface area is 125 Å². The maximum absolute atomic E-state index is 6.26. The number of halogens is 2. The van der Waals surface area contributed by atoms with Crippen LogP contribution in [0, 0.1) is 5.92 Å². The highest BCUT2D eigenvalue weighted by molar-refractivity contribution is 6.35. The van der Waals surface area contributed by atoms with Gasteiger partial charge < -0.3 is 10.1 Å². The molecule has 2 unspecified atom stereocenters. The van der Waals surface area contributed by atoms with Crippen LogP contribution < -0.4 is 5.32 Å². The first-order chi connectivity index (χ1) is 9.22. The summed E-state index contributed by atoms with van der Waals surface area (Å²) in [7, 11) is 0. The summed E-state index contributed by atoms with van der Waals surface area (Å²) in [6.07, 6.45) is 3.09. The van der Waals surface area contributed by atoms with Crippen molar-refractivity contribution in [2.75, 3.05) is 19.8 Å². The van der Waals surface area contributed by atoms with Crippen LogP contribution in [0.5, 0.6) is 0 Å². The van der Waals surface area contributed by atoms with Gasteiger partial charge >= 0.3 is 0 Å². The summed E-state index contributed by atoms with van der Waals surface area (Å²) >= 11 is 12.5. The summed E-state index contributed by atoms with van der Waals surface area (Å²) in [6, 6.07) is 6.20. The molecule has 1 heterocycles. The first-order valence-electron chi connectivity index (χ1n) is 6.96. The molecule has 2 rings (SSSR count). The molecule has 0 bridgehead atoms. The number of nitrogens with one attached hydrogen (secondary N) is 1. The monoisotopic (exact) mass is 301 g/mol. The van der Waals surface area contributed by atoms with Crippen LogP contribution in [0.1, 0.15) is 25.3 Å². The lowest BCUT2D eigenvalue weighted by Crippen LogP contribution is -2.44. The third kappa shape index (κ3) is 4.09. The summed E-state index contributed by atoms with van der Waals surface area (Å²) < 4.78 is 5.62. The van der Waals surface area contributed by atoms with Crippen molar-refractivity contribution >= 4 is 23.2 Å². The normalized spacial score (nSPS) is 23.5. The smallest absolute Gasteiger partial charge is 0.0512 e. The third-order valence-electron chi connectivity index (χ3n) is 3.66.